The minimum absolute atomic E-state index is 0.460. The van der Waals surface area contributed by atoms with Gasteiger partial charge in [-0.1, -0.05) is 0 Å². The van der Waals surface area contributed by atoms with Gasteiger partial charge in [0, 0.05) is 0 Å². The van der Waals surface area contributed by atoms with Crippen LogP contribution in [0.4, 0.5) is 39.5 Å². The summed E-state index contributed by atoms with van der Waals surface area (Å²) < 4.78 is 118. The van der Waals surface area contributed by atoms with E-state index in [1.54, 1.807) is 0 Å². The molecule has 0 aliphatic heterocycles. The number of nitrogens with zero attached hydrogens (tertiary/aromatic N) is 3. The lowest BCUT2D eigenvalue weighted by Crippen LogP contribution is -2.26. The molecule has 0 aliphatic carbocycles. The van der Waals surface area contributed by atoms with E-state index >= 15 is 0 Å². The van der Waals surface area contributed by atoms with Crippen LogP contribution in [-0.2, 0) is 24.9 Å². The van der Waals surface area contributed by atoms with Gasteiger partial charge >= 0.3 is 18.5 Å². The van der Waals surface area contributed by atoms with E-state index in [-0.39, 0.29) is 0 Å². The summed E-state index contributed by atoms with van der Waals surface area (Å²) in [5.41, 5.74) is -14.0. The van der Waals surface area contributed by atoms with Crippen molar-refractivity contribution in [2.45, 2.75) is 24.9 Å². The molecule has 0 aromatic heterocycles. The van der Waals surface area contributed by atoms with Crippen LogP contribution in [0.3, 0.4) is 0 Å². The summed E-state index contributed by atoms with van der Waals surface area (Å²) in [6.07, 6.45) is -19.1. The molecule has 1 aromatic carbocycles. The molecule has 25 heavy (non-hydrogen) atoms. The summed E-state index contributed by atoms with van der Waals surface area (Å²) in [5, 5.41) is 25.9. The van der Waals surface area contributed by atoms with Crippen molar-refractivity contribution >= 4 is 0 Å². The van der Waals surface area contributed by atoms with Gasteiger partial charge in [0.25, 0.3) is 0 Å². The van der Waals surface area contributed by atoms with E-state index in [0.29, 0.717) is 6.07 Å². The van der Waals surface area contributed by atoms with Crippen LogP contribution in [-0.4, -0.2) is 0 Å². The second-order valence-corrected chi connectivity index (χ2v) is 4.41. The van der Waals surface area contributed by atoms with Gasteiger partial charge in [0.1, 0.15) is 12.1 Å². The maximum absolute atomic E-state index is 13.1. The molecule has 132 valence electrons. The second-order valence-electron chi connectivity index (χ2n) is 4.41. The summed E-state index contributed by atoms with van der Waals surface area (Å²) in [6.45, 7) is 0. The normalized spacial score (nSPS) is 12.2. The topological polar surface area (TPSA) is 71.4 Å². The molecule has 1 rings (SSSR count). The lowest BCUT2D eigenvalue weighted by molar-refractivity contribution is -0.164. The Balaban J connectivity index is 4.43. The van der Waals surface area contributed by atoms with Gasteiger partial charge in [0.05, 0.1) is 40.3 Å². The van der Waals surface area contributed by atoms with Crippen molar-refractivity contribution in [3.8, 4) is 18.2 Å². The van der Waals surface area contributed by atoms with Gasteiger partial charge in [-0.15, -0.1) is 0 Å². The highest BCUT2D eigenvalue weighted by atomic mass is 19.4. The molecule has 1 aromatic rings. The van der Waals surface area contributed by atoms with E-state index in [2.05, 4.69) is 0 Å². The molecular formula is C13H2F9N3. The molecule has 0 heterocycles. The third-order valence-corrected chi connectivity index (χ3v) is 2.93. The molecule has 0 radical (unpaired) electrons. The number of rotatable bonds is 1. The van der Waals surface area contributed by atoms with Crippen LogP contribution in [0.5, 0.6) is 0 Å². The fourth-order valence-electron chi connectivity index (χ4n) is 2.17. The van der Waals surface area contributed by atoms with E-state index in [4.69, 9.17) is 15.8 Å². The fourth-order valence-corrected chi connectivity index (χ4v) is 2.17. The molecule has 0 saturated heterocycles. The average Bonchev–Trinajstić information content (AvgIpc) is 2.42. The Morgan fingerprint density at radius 2 is 1.00 bits per heavy atom. The van der Waals surface area contributed by atoms with Crippen molar-refractivity contribution < 1.29 is 39.5 Å². The monoisotopic (exact) mass is 371 g/mol. The van der Waals surface area contributed by atoms with Crippen molar-refractivity contribution in [1.82, 2.24) is 0 Å². The van der Waals surface area contributed by atoms with Crippen LogP contribution in [0.15, 0.2) is 0 Å². The Morgan fingerprint density at radius 3 is 1.28 bits per heavy atom. The molecular weight excluding hydrogens is 369 g/mol. The molecule has 0 saturated carbocycles. The molecule has 0 atom stereocenters. The zero-order valence-corrected chi connectivity index (χ0v) is 11.5. The van der Waals surface area contributed by atoms with Crippen molar-refractivity contribution in [3.05, 3.63) is 33.4 Å². The Hall–Kier alpha value is -2.94. The molecule has 0 N–H and O–H groups in total. The average molecular weight is 371 g/mol. The SMILES string of the molecule is N#CCc1c(C#N)c(C(F)(F)F)c(C#N)c(C(F)(F)F)c1C(F)(F)F. The second kappa shape index (κ2) is 6.17. The predicted molar refractivity (Wildman–Crippen MR) is 60.2 cm³/mol. The fraction of sp³-hybridized carbons (Fsp3) is 0.308. The summed E-state index contributed by atoms with van der Waals surface area (Å²) in [4.78, 5) is 0. The van der Waals surface area contributed by atoms with E-state index in [0.717, 1.165) is 12.1 Å². The first-order valence-electron chi connectivity index (χ1n) is 5.83. The van der Waals surface area contributed by atoms with Crippen molar-refractivity contribution in [1.29, 1.82) is 15.8 Å². The van der Waals surface area contributed by atoms with Crippen LogP contribution >= 0.6 is 0 Å². The molecule has 0 amide bonds. The van der Waals surface area contributed by atoms with Crippen molar-refractivity contribution in [2.24, 2.45) is 0 Å². The number of benzene rings is 1. The zero-order chi connectivity index (χ0) is 19.8. The lowest BCUT2D eigenvalue weighted by Gasteiger charge is -2.24. The molecule has 0 unspecified atom stereocenters. The molecule has 0 fully saturated rings. The number of hydrogen-bond donors (Lipinski definition) is 0. The highest BCUT2D eigenvalue weighted by Gasteiger charge is 2.52. The van der Waals surface area contributed by atoms with Gasteiger partial charge in [0.2, 0.25) is 0 Å². The Bertz CT molecular complexity index is 824. The van der Waals surface area contributed by atoms with Crippen molar-refractivity contribution in [2.75, 3.05) is 0 Å². The maximum Gasteiger partial charge on any atom is 0.418 e. The number of halogens is 9. The van der Waals surface area contributed by atoms with E-state index in [1.807, 2.05) is 0 Å². The van der Waals surface area contributed by atoms with Gasteiger partial charge in [-0.2, -0.15) is 55.3 Å². The number of alkyl halides is 9. The highest BCUT2D eigenvalue weighted by Crippen LogP contribution is 2.49. The summed E-state index contributed by atoms with van der Waals surface area (Å²) >= 11 is 0. The minimum Gasteiger partial charge on any atom is -0.198 e. The first-order valence-corrected chi connectivity index (χ1v) is 5.83. The maximum atomic E-state index is 13.1. The predicted octanol–water partition coefficient (Wildman–Crippen LogP) is 4.55. The first-order chi connectivity index (χ1) is 11.2. The quantitative estimate of drug-likeness (QED) is 0.680. The van der Waals surface area contributed by atoms with Gasteiger partial charge < -0.3 is 0 Å². The Kier molecular flexibility index (Phi) is 4.96. The number of hydrogen-bond acceptors (Lipinski definition) is 3. The van der Waals surface area contributed by atoms with Crippen LogP contribution in [0.25, 0.3) is 0 Å². The Morgan fingerprint density at radius 1 is 0.600 bits per heavy atom. The van der Waals surface area contributed by atoms with Gasteiger partial charge in [-0.25, -0.2) is 0 Å². The molecule has 0 bridgehead atoms. The first kappa shape index (κ1) is 20.1. The van der Waals surface area contributed by atoms with Crippen LogP contribution in [0, 0.1) is 34.0 Å². The van der Waals surface area contributed by atoms with Crippen LogP contribution < -0.4 is 0 Å². The largest absolute Gasteiger partial charge is 0.418 e. The van der Waals surface area contributed by atoms with E-state index < -0.39 is 58.3 Å². The third-order valence-electron chi connectivity index (χ3n) is 2.93. The highest BCUT2D eigenvalue weighted by molar-refractivity contribution is 5.63. The summed E-state index contributed by atoms with van der Waals surface area (Å²) in [6, 6.07) is 2.19. The molecule has 3 nitrogen and oxygen atoms in total. The summed E-state index contributed by atoms with van der Waals surface area (Å²) in [7, 11) is 0. The van der Waals surface area contributed by atoms with Crippen LogP contribution in [0.2, 0.25) is 0 Å². The molecule has 0 spiro atoms. The van der Waals surface area contributed by atoms with E-state index in [1.165, 1.54) is 0 Å². The van der Waals surface area contributed by atoms with Gasteiger partial charge in [-0.05, 0) is 5.56 Å². The smallest absolute Gasteiger partial charge is 0.198 e. The zero-order valence-electron chi connectivity index (χ0n) is 11.5. The minimum atomic E-state index is -5.99. The van der Waals surface area contributed by atoms with E-state index in [9.17, 15) is 39.5 Å². The third kappa shape index (κ3) is 3.61. The standard InChI is InChI=1S/C13H2F9N3/c14-11(15,16)8-6(3-24)5(1-2-23)9(12(17,18)19)10(7(8)4-25)13(20,21)22/h1H2. The lowest BCUT2D eigenvalue weighted by atomic mass is 9.85. The molecule has 12 heteroatoms. The van der Waals surface area contributed by atoms with Crippen molar-refractivity contribution in [3.63, 3.8) is 0 Å². The van der Waals surface area contributed by atoms with Crippen LogP contribution in [0.1, 0.15) is 33.4 Å². The molecule has 0 aliphatic rings. The van der Waals surface area contributed by atoms with Gasteiger partial charge in [0.15, 0.2) is 0 Å². The Labute approximate surface area is 133 Å². The van der Waals surface area contributed by atoms with Gasteiger partial charge in [-0.3, -0.25) is 0 Å². The summed E-state index contributed by atoms with van der Waals surface area (Å²) in [5.74, 6) is 0. The number of nitriles is 3.